The fourth-order valence-electron chi connectivity index (χ4n) is 2.20. The number of hydrogen-bond acceptors (Lipinski definition) is 5. The van der Waals surface area contributed by atoms with Gasteiger partial charge in [-0.1, -0.05) is 64.1 Å². The van der Waals surface area contributed by atoms with Gasteiger partial charge in [-0.2, -0.15) is 11.8 Å². The minimum Gasteiger partial charge on any atom is -0.402 e. The molecule has 5 heteroatoms. The molecule has 0 amide bonds. The zero-order valence-corrected chi connectivity index (χ0v) is 17.0. The number of carbonyl (C=O) groups excluding carboxylic acids is 1. The van der Waals surface area contributed by atoms with Gasteiger partial charge in [0.1, 0.15) is 0 Å². The molecule has 0 saturated carbocycles. The maximum absolute atomic E-state index is 11.6. The van der Waals surface area contributed by atoms with Gasteiger partial charge in [-0.3, -0.25) is 4.79 Å². The van der Waals surface area contributed by atoms with Crippen LogP contribution in [-0.4, -0.2) is 11.5 Å². The van der Waals surface area contributed by atoms with E-state index in [1.807, 2.05) is 17.8 Å². The van der Waals surface area contributed by atoms with Crippen LogP contribution in [0.1, 0.15) is 25.0 Å². The van der Waals surface area contributed by atoms with Crippen molar-refractivity contribution in [3.05, 3.63) is 77.0 Å². The average Bonchev–Trinajstić information content (AvgIpc) is 2.59. The molecule has 0 spiro atoms. The van der Waals surface area contributed by atoms with Crippen molar-refractivity contribution in [1.29, 1.82) is 0 Å². The Morgan fingerprint density at radius 2 is 1.64 bits per heavy atom. The first-order chi connectivity index (χ1) is 12.1. The molecule has 0 radical (unpaired) electrons. The second-order valence-corrected chi connectivity index (χ2v) is 9.04. The zero-order chi connectivity index (χ0) is 18.1. The van der Waals surface area contributed by atoms with Gasteiger partial charge in [0.15, 0.2) is 5.78 Å². The van der Waals surface area contributed by atoms with Gasteiger partial charge in [0.25, 0.3) is 0 Å². The number of nitrogens with two attached hydrogens (primary N) is 1. The third-order valence-corrected chi connectivity index (χ3v) is 6.87. The molecule has 2 N–H and O–H groups in total. The molecular weight excluding hydrogens is 366 g/mol. The van der Waals surface area contributed by atoms with Crippen molar-refractivity contribution in [1.82, 2.24) is 0 Å². The Bertz CT molecular complexity index is 725. The largest absolute Gasteiger partial charge is 0.402 e. The molecule has 0 aromatic heterocycles. The molecule has 0 atom stereocenters. The average molecular weight is 390 g/mol. The van der Waals surface area contributed by atoms with Gasteiger partial charge in [-0.05, 0) is 37.1 Å². The topological polar surface area (TPSA) is 43.1 Å². The highest BCUT2D eigenvalue weighted by Crippen LogP contribution is 2.33. The molecule has 2 aromatic rings. The summed E-state index contributed by atoms with van der Waals surface area (Å²) >= 11 is 1.92. The number of carbonyl (C=O) groups is 1. The minimum atomic E-state index is 0.0548. The van der Waals surface area contributed by atoms with Crippen molar-refractivity contribution >= 4 is 39.1 Å². The second-order valence-electron chi connectivity index (χ2n) is 5.69. The Labute approximate surface area is 162 Å². The number of ketones is 1. The van der Waals surface area contributed by atoms with Gasteiger partial charge in [-0.15, -0.1) is 0 Å². The van der Waals surface area contributed by atoms with Crippen molar-refractivity contribution < 1.29 is 4.79 Å². The van der Waals surface area contributed by atoms with E-state index in [2.05, 4.69) is 48.5 Å². The third kappa shape index (κ3) is 7.22. The van der Waals surface area contributed by atoms with Crippen molar-refractivity contribution in [2.75, 3.05) is 5.75 Å². The van der Waals surface area contributed by atoms with E-state index >= 15 is 0 Å². The van der Waals surface area contributed by atoms with Crippen LogP contribution in [0.25, 0.3) is 0 Å². The first-order valence-electron chi connectivity index (χ1n) is 8.02. The summed E-state index contributed by atoms with van der Waals surface area (Å²) < 4.78 is 0. The van der Waals surface area contributed by atoms with Crippen LogP contribution < -0.4 is 5.73 Å². The lowest BCUT2D eigenvalue weighted by molar-refractivity contribution is -0.113. The summed E-state index contributed by atoms with van der Waals surface area (Å²) in [6.07, 6.45) is 0. The van der Waals surface area contributed by atoms with Crippen LogP contribution in [0.4, 0.5) is 0 Å². The molecule has 132 valence electrons. The molecule has 0 aliphatic heterocycles. The van der Waals surface area contributed by atoms with Crippen LogP contribution in [0.3, 0.4) is 0 Å². The summed E-state index contributed by atoms with van der Waals surface area (Å²) in [6.45, 7) is 3.36. The van der Waals surface area contributed by atoms with E-state index < -0.39 is 0 Å². The second kappa shape index (κ2) is 10.6. The molecule has 0 fully saturated rings. The summed E-state index contributed by atoms with van der Waals surface area (Å²) in [4.78, 5) is 12.8. The van der Waals surface area contributed by atoms with Gasteiger partial charge in [0, 0.05) is 33.4 Å². The third-order valence-electron chi connectivity index (χ3n) is 3.54. The van der Waals surface area contributed by atoms with Gasteiger partial charge in [-0.25, -0.2) is 0 Å². The molecular formula is C20H23NOS3. The zero-order valence-electron chi connectivity index (χ0n) is 14.5. The van der Waals surface area contributed by atoms with E-state index in [0.29, 0.717) is 17.0 Å². The van der Waals surface area contributed by atoms with Crippen molar-refractivity contribution in [3.8, 4) is 0 Å². The highest BCUT2D eigenvalue weighted by Gasteiger charge is 2.07. The molecule has 0 aliphatic carbocycles. The van der Waals surface area contributed by atoms with Crippen LogP contribution in [0.5, 0.6) is 0 Å². The lowest BCUT2D eigenvalue weighted by atomic mass is 10.2. The maximum Gasteiger partial charge on any atom is 0.158 e. The first-order valence-corrected chi connectivity index (χ1v) is 11.5. The van der Waals surface area contributed by atoms with Crippen LogP contribution in [0, 0.1) is 0 Å². The van der Waals surface area contributed by atoms with E-state index in [1.165, 1.54) is 16.0 Å². The predicted molar refractivity (Wildman–Crippen MR) is 114 cm³/mol. The number of thioether (sulfide) groups is 1. The highest BCUT2D eigenvalue weighted by atomic mass is 33.1. The molecule has 2 aromatic carbocycles. The van der Waals surface area contributed by atoms with E-state index in [0.717, 1.165) is 11.5 Å². The standard InChI is InChI=1S/C20H23NOS3/c1-15(21)20(16(2)22)14-24-25-19-10-6-9-18(11-19)13-23-12-17-7-4-3-5-8-17/h3-11H,12-14,21H2,1-2H3. The normalized spacial score (nSPS) is 11.9. The Hall–Kier alpha value is -1.30. The number of Topliss-reactive ketones (excluding diaryl/α,β-unsaturated/α-hetero) is 1. The summed E-state index contributed by atoms with van der Waals surface area (Å²) in [5, 5.41) is 0. The summed E-state index contributed by atoms with van der Waals surface area (Å²) in [6, 6.07) is 19.1. The smallest absolute Gasteiger partial charge is 0.158 e. The SMILES string of the molecule is CC(=O)C(CSSc1cccc(CSCc2ccccc2)c1)=C(C)N. The van der Waals surface area contributed by atoms with Crippen molar-refractivity contribution in [2.24, 2.45) is 5.73 Å². The number of hydrogen-bond donors (Lipinski definition) is 1. The number of benzene rings is 2. The van der Waals surface area contributed by atoms with Crippen LogP contribution in [-0.2, 0) is 16.3 Å². The van der Waals surface area contributed by atoms with Gasteiger partial charge >= 0.3 is 0 Å². The highest BCUT2D eigenvalue weighted by molar-refractivity contribution is 8.76. The molecule has 0 aliphatic rings. The van der Waals surface area contributed by atoms with E-state index in [-0.39, 0.29) is 5.78 Å². The Morgan fingerprint density at radius 3 is 2.32 bits per heavy atom. The summed E-state index contributed by atoms with van der Waals surface area (Å²) in [5.41, 5.74) is 9.79. The van der Waals surface area contributed by atoms with Crippen LogP contribution in [0.15, 0.2) is 70.8 Å². The lowest BCUT2D eigenvalue weighted by Crippen LogP contribution is -2.07. The molecule has 0 saturated heterocycles. The maximum atomic E-state index is 11.6. The first kappa shape index (κ1) is 20.0. The van der Waals surface area contributed by atoms with Crippen molar-refractivity contribution in [3.63, 3.8) is 0 Å². The summed E-state index contributed by atoms with van der Waals surface area (Å²) in [7, 11) is 3.34. The van der Waals surface area contributed by atoms with Gasteiger partial charge in [0.2, 0.25) is 0 Å². The predicted octanol–water partition coefficient (Wildman–Crippen LogP) is 5.68. The number of rotatable bonds is 9. The van der Waals surface area contributed by atoms with Gasteiger partial charge < -0.3 is 5.73 Å². The molecule has 2 nitrogen and oxygen atoms in total. The Balaban J connectivity index is 1.82. The van der Waals surface area contributed by atoms with E-state index in [4.69, 9.17) is 5.73 Å². The molecule has 0 heterocycles. The lowest BCUT2D eigenvalue weighted by Gasteiger charge is -2.07. The fourth-order valence-corrected chi connectivity index (χ4v) is 5.47. The molecule has 25 heavy (non-hydrogen) atoms. The Kier molecular flexibility index (Phi) is 8.52. The van der Waals surface area contributed by atoms with Crippen LogP contribution in [0.2, 0.25) is 0 Å². The monoisotopic (exact) mass is 389 g/mol. The summed E-state index contributed by atoms with van der Waals surface area (Å²) in [5.74, 6) is 2.71. The molecule has 2 rings (SSSR count). The molecule has 0 bridgehead atoms. The van der Waals surface area contributed by atoms with E-state index in [1.54, 1.807) is 35.4 Å². The Morgan fingerprint density at radius 1 is 0.960 bits per heavy atom. The minimum absolute atomic E-state index is 0.0548. The number of allylic oxidation sites excluding steroid dienone is 1. The fraction of sp³-hybridized carbons (Fsp3) is 0.250. The quantitative estimate of drug-likeness (QED) is 0.441. The van der Waals surface area contributed by atoms with Crippen molar-refractivity contribution in [2.45, 2.75) is 30.2 Å². The van der Waals surface area contributed by atoms with E-state index in [9.17, 15) is 4.79 Å². The van der Waals surface area contributed by atoms with Crippen LogP contribution >= 0.6 is 33.3 Å². The molecule has 0 unspecified atom stereocenters. The van der Waals surface area contributed by atoms with Gasteiger partial charge in [0.05, 0.1) is 0 Å².